The van der Waals surface area contributed by atoms with Crippen LogP contribution < -0.4 is 0 Å². The zero-order chi connectivity index (χ0) is 12.0. The van der Waals surface area contributed by atoms with Crippen molar-refractivity contribution >= 4 is 5.91 Å². The summed E-state index contributed by atoms with van der Waals surface area (Å²) in [5.74, 6) is -0.118. The molecule has 15 heavy (non-hydrogen) atoms. The van der Waals surface area contributed by atoms with Crippen molar-refractivity contribution in [1.82, 2.24) is 5.06 Å². The molecule has 0 unspecified atom stereocenters. The predicted molar refractivity (Wildman–Crippen MR) is 62.1 cm³/mol. The highest BCUT2D eigenvalue weighted by Gasteiger charge is 2.25. The van der Waals surface area contributed by atoms with Crippen molar-refractivity contribution in [1.29, 1.82) is 0 Å². The Bertz CT molecular complexity index is 258. The number of allylic oxidation sites excluding steroid dienone is 3. The van der Waals surface area contributed by atoms with Crippen LogP contribution in [0, 0.1) is 11.8 Å². The zero-order valence-electron chi connectivity index (χ0n) is 10.3. The van der Waals surface area contributed by atoms with Crippen molar-refractivity contribution in [2.24, 2.45) is 11.8 Å². The molecule has 0 aliphatic carbocycles. The van der Waals surface area contributed by atoms with Crippen LogP contribution in [0.4, 0.5) is 0 Å². The van der Waals surface area contributed by atoms with Gasteiger partial charge in [-0.25, -0.2) is 5.06 Å². The maximum Gasteiger partial charge on any atom is 0.249 e. The molecule has 0 saturated heterocycles. The van der Waals surface area contributed by atoms with E-state index in [4.69, 9.17) is 4.84 Å². The van der Waals surface area contributed by atoms with Crippen molar-refractivity contribution in [3.63, 3.8) is 0 Å². The van der Waals surface area contributed by atoms with E-state index < -0.39 is 0 Å². The van der Waals surface area contributed by atoms with Crippen LogP contribution in [-0.4, -0.2) is 25.1 Å². The first-order valence-corrected chi connectivity index (χ1v) is 5.06. The summed E-state index contributed by atoms with van der Waals surface area (Å²) in [6, 6.07) is 0. The second-order valence-corrected chi connectivity index (χ2v) is 3.60. The Labute approximate surface area is 92.4 Å². The second-order valence-electron chi connectivity index (χ2n) is 3.60. The van der Waals surface area contributed by atoms with E-state index in [1.807, 2.05) is 26.8 Å². The molecule has 0 bridgehead atoms. The number of rotatable bonds is 5. The summed E-state index contributed by atoms with van der Waals surface area (Å²) in [5, 5.41) is 1.25. The molecule has 2 atom stereocenters. The highest BCUT2D eigenvalue weighted by atomic mass is 16.7. The summed E-state index contributed by atoms with van der Waals surface area (Å²) in [5.41, 5.74) is 1.15. The highest BCUT2D eigenvalue weighted by Crippen LogP contribution is 2.23. The van der Waals surface area contributed by atoms with Gasteiger partial charge in [-0.3, -0.25) is 9.63 Å². The fourth-order valence-electron chi connectivity index (χ4n) is 1.51. The third-order valence-corrected chi connectivity index (χ3v) is 2.75. The molecule has 0 spiro atoms. The molecule has 3 nitrogen and oxygen atoms in total. The predicted octanol–water partition coefficient (Wildman–Crippen LogP) is 2.41. The highest BCUT2D eigenvalue weighted by molar-refractivity contribution is 5.78. The van der Waals surface area contributed by atoms with Crippen LogP contribution in [-0.2, 0) is 9.63 Å². The molecule has 0 aromatic rings. The topological polar surface area (TPSA) is 29.5 Å². The molecule has 0 N–H and O–H groups in total. The molecule has 0 radical (unpaired) electrons. The van der Waals surface area contributed by atoms with E-state index in [0.29, 0.717) is 0 Å². The molecule has 0 rings (SSSR count). The Morgan fingerprint density at radius 3 is 2.40 bits per heavy atom. The SMILES string of the molecule is C=C[C@H](/C(C)=C/C)[C@H](C)C(=O)N(C)OC. The van der Waals surface area contributed by atoms with Gasteiger partial charge in [-0.15, -0.1) is 6.58 Å². The maximum absolute atomic E-state index is 11.8. The summed E-state index contributed by atoms with van der Waals surface area (Å²) in [4.78, 5) is 16.7. The van der Waals surface area contributed by atoms with Crippen molar-refractivity contribution < 1.29 is 9.63 Å². The number of carbonyl (C=O) groups is 1. The third-order valence-electron chi connectivity index (χ3n) is 2.75. The monoisotopic (exact) mass is 211 g/mol. The molecule has 86 valence electrons. The van der Waals surface area contributed by atoms with Crippen LogP contribution in [0.1, 0.15) is 20.8 Å². The normalized spacial score (nSPS) is 15.7. The summed E-state index contributed by atoms with van der Waals surface area (Å²) < 4.78 is 0. The van der Waals surface area contributed by atoms with Crippen LogP contribution in [0.15, 0.2) is 24.3 Å². The van der Waals surface area contributed by atoms with Gasteiger partial charge in [0.2, 0.25) is 5.91 Å². The summed E-state index contributed by atoms with van der Waals surface area (Å²) in [7, 11) is 3.10. The lowest BCUT2D eigenvalue weighted by atomic mass is 9.87. The first-order chi connectivity index (χ1) is 6.99. The van der Waals surface area contributed by atoms with Gasteiger partial charge in [0.25, 0.3) is 0 Å². The lowest BCUT2D eigenvalue weighted by Crippen LogP contribution is -2.34. The molecule has 0 aromatic heterocycles. The Morgan fingerprint density at radius 2 is 2.07 bits per heavy atom. The van der Waals surface area contributed by atoms with E-state index in [9.17, 15) is 4.79 Å². The molecule has 1 amide bonds. The van der Waals surface area contributed by atoms with Gasteiger partial charge in [-0.1, -0.05) is 24.6 Å². The van der Waals surface area contributed by atoms with Gasteiger partial charge in [-0.2, -0.15) is 0 Å². The minimum Gasteiger partial charge on any atom is -0.275 e. The van der Waals surface area contributed by atoms with E-state index >= 15 is 0 Å². The molecule has 0 fully saturated rings. The van der Waals surface area contributed by atoms with Crippen LogP contribution in [0.3, 0.4) is 0 Å². The average Bonchev–Trinajstić information content (AvgIpc) is 2.27. The van der Waals surface area contributed by atoms with Gasteiger partial charge in [0.05, 0.1) is 7.11 Å². The molecular formula is C12H21NO2. The zero-order valence-corrected chi connectivity index (χ0v) is 10.3. The number of amides is 1. The number of carbonyl (C=O) groups excluding carboxylic acids is 1. The van der Waals surface area contributed by atoms with Crippen LogP contribution in [0.5, 0.6) is 0 Å². The van der Waals surface area contributed by atoms with E-state index in [-0.39, 0.29) is 17.7 Å². The van der Waals surface area contributed by atoms with Crippen molar-refractivity contribution in [3.8, 4) is 0 Å². The smallest absolute Gasteiger partial charge is 0.249 e. The summed E-state index contributed by atoms with van der Waals surface area (Å²) in [6.45, 7) is 9.62. The fourth-order valence-corrected chi connectivity index (χ4v) is 1.51. The Balaban J connectivity index is 4.73. The first kappa shape index (κ1) is 13.9. The number of hydroxylamine groups is 2. The summed E-state index contributed by atoms with van der Waals surface area (Å²) in [6.07, 6.45) is 3.81. The lowest BCUT2D eigenvalue weighted by Gasteiger charge is -2.24. The van der Waals surface area contributed by atoms with Gasteiger partial charge < -0.3 is 0 Å². The molecule has 3 heteroatoms. The van der Waals surface area contributed by atoms with Gasteiger partial charge in [0.15, 0.2) is 0 Å². The van der Waals surface area contributed by atoms with E-state index in [0.717, 1.165) is 5.57 Å². The van der Waals surface area contributed by atoms with Crippen LogP contribution >= 0.6 is 0 Å². The van der Waals surface area contributed by atoms with Gasteiger partial charge in [0, 0.05) is 18.9 Å². The Hall–Kier alpha value is -1.09. The number of nitrogens with zero attached hydrogens (tertiary/aromatic N) is 1. The number of hydrogen-bond acceptors (Lipinski definition) is 2. The molecule has 0 aliphatic rings. The minimum atomic E-state index is -0.149. The lowest BCUT2D eigenvalue weighted by molar-refractivity contribution is -0.173. The fraction of sp³-hybridized carbons (Fsp3) is 0.583. The minimum absolute atomic E-state index is 0.0383. The van der Waals surface area contributed by atoms with E-state index in [1.54, 1.807) is 13.1 Å². The average molecular weight is 211 g/mol. The van der Waals surface area contributed by atoms with Crippen molar-refractivity contribution in [2.75, 3.05) is 14.2 Å². The van der Waals surface area contributed by atoms with Gasteiger partial charge in [0.1, 0.15) is 0 Å². The van der Waals surface area contributed by atoms with E-state index in [2.05, 4.69) is 6.58 Å². The van der Waals surface area contributed by atoms with Crippen LogP contribution in [0.2, 0.25) is 0 Å². The van der Waals surface area contributed by atoms with Gasteiger partial charge >= 0.3 is 0 Å². The summed E-state index contributed by atoms with van der Waals surface area (Å²) >= 11 is 0. The quantitative estimate of drug-likeness (QED) is 0.516. The Kier molecular flexibility index (Phi) is 5.94. The first-order valence-electron chi connectivity index (χ1n) is 5.06. The third kappa shape index (κ3) is 3.51. The van der Waals surface area contributed by atoms with Gasteiger partial charge in [-0.05, 0) is 13.8 Å². The molecular weight excluding hydrogens is 190 g/mol. The van der Waals surface area contributed by atoms with Crippen LogP contribution in [0.25, 0.3) is 0 Å². The van der Waals surface area contributed by atoms with Crippen molar-refractivity contribution in [2.45, 2.75) is 20.8 Å². The second kappa shape index (κ2) is 6.40. The number of hydrogen-bond donors (Lipinski definition) is 0. The van der Waals surface area contributed by atoms with E-state index in [1.165, 1.54) is 12.2 Å². The maximum atomic E-state index is 11.8. The molecule has 0 aromatic carbocycles. The molecule has 0 heterocycles. The molecule has 0 saturated carbocycles. The standard InChI is InChI=1S/C12H21NO2/c1-7-9(3)11(8-2)10(4)12(14)13(5)15-6/h7-8,10-11H,2H2,1,3-6H3/b9-7+/t10-,11+/m0/s1. The van der Waals surface area contributed by atoms with Crippen molar-refractivity contribution in [3.05, 3.63) is 24.3 Å². The molecule has 0 aliphatic heterocycles. The largest absolute Gasteiger partial charge is 0.275 e. The Morgan fingerprint density at radius 1 is 1.53 bits per heavy atom.